The Morgan fingerprint density at radius 3 is 2.91 bits per heavy atom. The van der Waals surface area contributed by atoms with Crippen LogP contribution in [0.2, 0.25) is 0 Å². The maximum atomic E-state index is 4.64. The molecule has 1 aliphatic heterocycles. The third-order valence-corrected chi connectivity index (χ3v) is 3.89. The molecule has 1 nitrogen and oxygen atoms in total. The topological polar surface area (TPSA) is 12.0 Å². The molecule has 1 saturated heterocycles. The van der Waals surface area contributed by atoms with Gasteiger partial charge in [-0.2, -0.15) is 12.6 Å². The first-order valence-electron chi connectivity index (χ1n) is 4.76. The first kappa shape index (κ1) is 7.93. The number of hydrogen-bond acceptors (Lipinski definition) is 2. The van der Waals surface area contributed by atoms with Crippen LogP contribution in [0.1, 0.15) is 25.7 Å². The molecule has 1 heterocycles. The van der Waals surface area contributed by atoms with E-state index in [2.05, 4.69) is 17.9 Å². The Morgan fingerprint density at radius 2 is 2.09 bits per heavy atom. The molecule has 0 spiro atoms. The molecule has 2 aliphatic rings. The molecule has 0 bridgehead atoms. The van der Waals surface area contributed by atoms with Crippen molar-refractivity contribution in [3.63, 3.8) is 0 Å². The number of hydrogen-bond donors (Lipinski definition) is 2. The van der Waals surface area contributed by atoms with Gasteiger partial charge in [-0.3, -0.25) is 0 Å². The maximum absolute atomic E-state index is 4.64. The van der Waals surface area contributed by atoms with Crippen molar-refractivity contribution >= 4 is 12.6 Å². The van der Waals surface area contributed by atoms with E-state index >= 15 is 0 Å². The summed E-state index contributed by atoms with van der Waals surface area (Å²) in [6.45, 7) is 2.46. The van der Waals surface area contributed by atoms with Gasteiger partial charge in [0.2, 0.25) is 0 Å². The Kier molecular flexibility index (Phi) is 2.42. The van der Waals surface area contributed by atoms with Gasteiger partial charge in [0.05, 0.1) is 0 Å². The van der Waals surface area contributed by atoms with Gasteiger partial charge in [-0.15, -0.1) is 0 Å². The minimum absolute atomic E-state index is 0.682. The zero-order valence-corrected chi connectivity index (χ0v) is 7.82. The second kappa shape index (κ2) is 3.36. The van der Waals surface area contributed by atoms with Crippen molar-refractivity contribution in [1.82, 2.24) is 5.32 Å². The van der Waals surface area contributed by atoms with Crippen molar-refractivity contribution in [2.24, 2.45) is 11.8 Å². The summed E-state index contributed by atoms with van der Waals surface area (Å²) in [4.78, 5) is 0. The standard InChI is InChI=1S/C9H17NS/c11-9-3-1-2-7-4-5-10-6-8(7)9/h7-11H,1-6H2. The van der Waals surface area contributed by atoms with Gasteiger partial charge in [-0.1, -0.05) is 12.8 Å². The predicted molar refractivity (Wildman–Crippen MR) is 51.1 cm³/mol. The molecule has 64 valence electrons. The fourth-order valence-electron chi connectivity index (χ4n) is 2.55. The van der Waals surface area contributed by atoms with E-state index in [1.807, 2.05) is 0 Å². The molecule has 2 rings (SSSR count). The second-order valence-corrected chi connectivity index (χ2v) is 4.58. The van der Waals surface area contributed by atoms with Crippen LogP contribution in [0, 0.1) is 11.8 Å². The van der Waals surface area contributed by atoms with Crippen molar-refractivity contribution in [3.05, 3.63) is 0 Å². The molecular formula is C9H17NS. The average molecular weight is 171 g/mol. The Balaban J connectivity index is 1.99. The molecule has 0 amide bonds. The SMILES string of the molecule is SC1CCCC2CCNCC12. The van der Waals surface area contributed by atoms with Gasteiger partial charge in [0.15, 0.2) is 0 Å². The molecule has 1 N–H and O–H groups in total. The highest BCUT2D eigenvalue weighted by Gasteiger charge is 2.32. The van der Waals surface area contributed by atoms with Crippen molar-refractivity contribution in [1.29, 1.82) is 0 Å². The number of nitrogens with one attached hydrogen (secondary N) is 1. The van der Waals surface area contributed by atoms with Gasteiger partial charge in [0.25, 0.3) is 0 Å². The smallest absolute Gasteiger partial charge is 0.00598 e. The van der Waals surface area contributed by atoms with Crippen LogP contribution in [0.3, 0.4) is 0 Å². The van der Waals surface area contributed by atoms with Gasteiger partial charge >= 0.3 is 0 Å². The van der Waals surface area contributed by atoms with E-state index in [0.29, 0.717) is 5.25 Å². The summed E-state index contributed by atoms with van der Waals surface area (Å²) in [5, 5.41) is 4.15. The molecule has 3 atom stereocenters. The molecule has 0 aromatic carbocycles. The molecule has 1 aliphatic carbocycles. The van der Waals surface area contributed by atoms with E-state index in [9.17, 15) is 0 Å². The highest BCUT2D eigenvalue weighted by molar-refractivity contribution is 7.81. The average Bonchev–Trinajstić information content (AvgIpc) is 2.06. The number of rotatable bonds is 0. The van der Waals surface area contributed by atoms with Gasteiger partial charge in [-0.25, -0.2) is 0 Å². The number of piperidine rings is 1. The number of thiol groups is 1. The van der Waals surface area contributed by atoms with E-state index in [1.54, 1.807) is 0 Å². The summed E-state index contributed by atoms with van der Waals surface area (Å²) in [6, 6.07) is 0. The number of fused-ring (bicyclic) bond motifs is 1. The van der Waals surface area contributed by atoms with Crippen molar-refractivity contribution in [3.8, 4) is 0 Å². The van der Waals surface area contributed by atoms with Gasteiger partial charge in [-0.05, 0) is 37.8 Å². The lowest BCUT2D eigenvalue weighted by molar-refractivity contribution is 0.193. The van der Waals surface area contributed by atoms with Crippen molar-refractivity contribution < 1.29 is 0 Å². The first-order chi connectivity index (χ1) is 5.38. The monoisotopic (exact) mass is 171 g/mol. The van der Waals surface area contributed by atoms with E-state index in [4.69, 9.17) is 0 Å². The fourth-order valence-corrected chi connectivity index (χ4v) is 3.08. The molecule has 2 fully saturated rings. The first-order valence-corrected chi connectivity index (χ1v) is 5.28. The summed E-state index contributed by atoms with van der Waals surface area (Å²) >= 11 is 4.64. The largest absolute Gasteiger partial charge is 0.316 e. The lowest BCUT2D eigenvalue weighted by Crippen LogP contribution is -2.43. The van der Waals surface area contributed by atoms with Crippen LogP contribution in [-0.4, -0.2) is 18.3 Å². The lowest BCUT2D eigenvalue weighted by atomic mass is 9.75. The zero-order valence-electron chi connectivity index (χ0n) is 6.92. The Bertz CT molecular complexity index is 136. The van der Waals surface area contributed by atoms with Crippen LogP contribution in [0.4, 0.5) is 0 Å². The molecule has 0 aromatic heterocycles. The second-order valence-electron chi connectivity index (χ2n) is 3.91. The minimum atomic E-state index is 0.682. The molecule has 3 unspecified atom stereocenters. The van der Waals surface area contributed by atoms with Gasteiger partial charge < -0.3 is 5.32 Å². The summed E-state index contributed by atoms with van der Waals surface area (Å²) < 4.78 is 0. The molecule has 2 heteroatoms. The lowest BCUT2D eigenvalue weighted by Gasteiger charge is -2.39. The third-order valence-electron chi connectivity index (χ3n) is 3.25. The molecule has 1 saturated carbocycles. The molecular weight excluding hydrogens is 154 g/mol. The van der Waals surface area contributed by atoms with Crippen LogP contribution in [0.15, 0.2) is 0 Å². The van der Waals surface area contributed by atoms with Crippen LogP contribution in [0.5, 0.6) is 0 Å². The van der Waals surface area contributed by atoms with E-state index in [1.165, 1.54) is 38.8 Å². The van der Waals surface area contributed by atoms with Gasteiger partial charge in [0.1, 0.15) is 0 Å². The van der Waals surface area contributed by atoms with Gasteiger partial charge in [0, 0.05) is 5.25 Å². The molecule has 0 aromatic rings. The van der Waals surface area contributed by atoms with Crippen LogP contribution < -0.4 is 5.32 Å². The summed E-state index contributed by atoms with van der Waals surface area (Å²) in [5.41, 5.74) is 0. The van der Waals surface area contributed by atoms with Crippen molar-refractivity contribution in [2.75, 3.05) is 13.1 Å². The summed E-state index contributed by atoms with van der Waals surface area (Å²) in [5.74, 6) is 1.87. The Morgan fingerprint density at radius 1 is 1.18 bits per heavy atom. The van der Waals surface area contributed by atoms with Crippen LogP contribution in [-0.2, 0) is 0 Å². The summed E-state index contributed by atoms with van der Waals surface area (Å²) in [6.07, 6.45) is 5.60. The zero-order chi connectivity index (χ0) is 7.68. The highest BCUT2D eigenvalue weighted by atomic mass is 32.1. The normalized spacial score (nSPS) is 45.0. The predicted octanol–water partition coefficient (Wildman–Crippen LogP) is 1.69. The van der Waals surface area contributed by atoms with Crippen molar-refractivity contribution in [2.45, 2.75) is 30.9 Å². The van der Waals surface area contributed by atoms with E-state index < -0.39 is 0 Å². The van der Waals surface area contributed by atoms with E-state index in [-0.39, 0.29) is 0 Å². The third kappa shape index (κ3) is 1.57. The van der Waals surface area contributed by atoms with Crippen LogP contribution in [0.25, 0.3) is 0 Å². The van der Waals surface area contributed by atoms with E-state index in [0.717, 1.165) is 11.8 Å². The van der Waals surface area contributed by atoms with Crippen LogP contribution >= 0.6 is 12.6 Å². The minimum Gasteiger partial charge on any atom is -0.316 e. The molecule has 11 heavy (non-hydrogen) atoms. The highest BCUT2D eigenvalue weighted by Crippen LogP contribution is 2.36. The Hall–Kier alpha value is 0.310. The quantitative estimate of drug-likeness (QED) is 0.529. The summed E-state index contributed by atoms with van der Waals surface area (Å²) in [7, 11) is 0. The fraction of sp³-hybridized carbons (Fsp3) is 1.00. The molecule has 0 radical (unpaired) electrons. The maximum Gasteiger partial charge on any atom is 0.00598 e. The Labute approximate surface area is 74.4 Å².